The first-order valence-electron chi connectivity index (χ1n) is 5.94. The van der Waals surface area contributed by atoms with E-state index in [9.17, 15) is 4.79 Å². The Balaban J connectivity index is 2.82. The van der Waals surface area contributed by atoms with Crippen molar-refractivity contribution in [3.05, 3.63) is 28.8 Å². The smallest absolute Gasteiger partial charge is 0.227 e. The molecular weight excluding hydrogens is 270 g/mol. The molecule has 0 fully saturated rings. The number of aliphatic hydroxyl groups is 2. The van der Waals surface area contributed by atoms with Gasteiger partial charge < -0.3 is 19.8 Å². The molecule has 0 unspecified atom stereocenters. The summed E-state index contributed by atoms with van der Waals surface area (Å²) < 4.78 is 5.17. The van der Waals surface area contributed by atoms with Crippen LogP contribution in [0.1, 0.15) is 5.56 Å². The normalized spacial score (nSPS) is 10.3. The molecule has 0 saturated carbocycles. The third kappa shape index (κ3) is 4.70. The molecule has 19 heavy (non-hydrogen) atoms. The molecule has 2 N–H and O–H groups in total. The minimum atomic E-state index is -0.191. The van der Waals surface area contributed by atoms with Crippen LogP contribution in [0.25, 0.3) is 0 Å². The van der Waals surface area contributed by atoms with Crippen molar-refractivity contribution >= 4 is 17.5 Å². The van der Waals surface area contributed by atoms with E-state index in [-0.39, 0.29) is 38.6 Å². The average Bonchev–Trinajstić information content (AvgIpc) is 2.38. The molecule has 5 nitrogen and oxygen atoms in total. The maximum absolute atomic E-state index is 12.1. The van der Waals surface area contributed by atoms with Crippen LogP contribution in [-0.4, -0.2) is 54.4 Å². The lowest BCUT2D eigenvalue weighted by atomic mass is 10.1. The Morgan fingerprint density at radius 3 is 2.47 bits per heavy atom. The summed E-state index contributed by atoms with van der Waals surface area (Å²) >= 11 is 5.90. The molecule has 0 aliphatic heterocycles. The second-order valence-electron chi connectivity index (χ2n) is 3.96. The first-order chi connectivity index (χ1) is 9.12. The number of aliphatic hydroxyl groups excluding tert-OH is 2. The van der Waals surface area contributed by atoms with Gasteiger partial charge in [-0.15, -0.1) is 0 Å². The van der Waals surface area contributed by atoms with Crippen LogP contribution >= 0.6 is 11.6 Å². The summed E-state index contributed by atoms with van der Waals surface area (Å²) in [4.78, 5) is 13.5. The van der Waals surface area contributed by atoms with Crippen LogP contribution in [0.4, 0.5) is 0 Å². The molecule has 1 rings (SSSR count). The summed E-state index contributed by atoms with van der Waals surface area (Å²) in [6, 6.07) is 5.06. The highest BCUT2D eigenvalue weighted by molar-refractivity contribution is 6.30. The number of amides is 1. The van der Waals surface area contributed by atoms with Gasteiger partial charge in [-0.2, -0.15) is 0 Å². The minimum absolute atomic E-state index is 0.115. The lowest BCUT2D eigenvalue weighted by molar-refractivity contribution is -0.131. The molecular formula is C13H18ClNO4. The van der Waals surface area contributed by atoms with E-state index in [1.165, 1.54) is 12.0 Å². The first-order valence-corrected chi connectivity index (χ1v) is 6.32. The molecule has 0 spiro atoms. The maximum Gasteiger partial charge on any atom is 0.227 e. The molecule has 0 aliphatic carbocycles. The van der Waals surface area contributed by atoms with Crippen molar-refractivity contribution < 1.29 is 19.7 Å². The summed E-state index contributed by atoms with van der Waals surface area (Å²) in [5.41, 5.74) is 0.681. The van der Waals surface area contributed by atoms with Gasteiger partial charge >= 0.3 is 0 Å². The summed E-state index contributed by atoms with van der Waals surface area (Å²) in [5, 5.41) is 18.3. The molecule has 0 atom stereocenters. The number of carbonyl (C=O) groups is 1. The number of hydrogen-bond acceptors (Lipinski definition) is 4. The van der Waals surface area contributed by atoms with E-state index in [4.69, 9.17) is 26.6 Å². The molecule has 106 valence electrons. The fraction of sp³-hybridized carbons (Fsp3) is 0.462. The highest BCUT2D eigenvalue weighted by Crippen LogP contribution is 2.23. The van der Waals surface area contributed by atoms with Crippen LogP contribution in [-0.2, 0) is 11.2 Å². The van der Waals surface area contributed by atoms with E-state index in [0.717, 1.165) is 0 Å². The van der Waals surface area contributed by atoms with E-state index in [1.807, 2.05) is 0 Å². The van der Waals surface area contributed by atoms with Gasteiger partial charge in [0, 0.05) is 23.7 Å². The Labute approximate surface area is 117 Å². The van der Waals surface area contributed by atoms with Crippen LogP contribution in [0.15, 0.2) is 18.2 Å². The standard InChI is InChI=1S/C13H18ClNO4/c1-19-12-3-2-11(14)8-10(12)9-13(18)15(4-6-16)5-7-17/h2-3,8,16-17H,4-7,9H2,1H3. The molecule has 6 heteroatoms. The molecule has 0 radical (unpaired) electrons. The zero-order valence-corrected chi connectivity index (χ0v) is 11.6. The monoisotopic (exact) mass is 287 g/mol. The second kappa shape index (κ2) is 7.99. The fourth-order valence-electron chi connectivity index (χ4n) is 1.76. The maximum atomic E-state index is 12.1. The third-order valence-corrected chi connectivity index (χ3v) is 2.91. The second-order valence-corrected chi connectivity index (χ2v) is 4.40. The predicted octanol–water partition coefficient (Wildman–Crippen LogP) is 0.704. The molecule has 0 aromatic heterocycles. The van der Waals surface area contributed by atoms with Gasteiger partial charge in [-0.3, -0.25) is 4.79 Å². The van der Waals surface area contributed by atoms with Crippen molar-refractivity contribution in [1.29, 1.82) is 0 Å². The first kappa shape index (κ1) is 15.8. The predicted molar refractivity (Wildman–Crippen MR) is 72.5 cm³/mol. The summed E-state index contributed by atoms with van der Waals surface area (Å²) in [6.45, 7) is 0.112. The van der Waals surface area contributed by atoms with Crippen molar-refractivity contribution in [2.24, 2.45) is 0 Å². The van der Waals surface area contributed by atoms with E-state index >= 15 is 0 Å². The number of methoxy groups -OCH3 is 1. The van der Waals surface area contributed by atoms with Gasteiger partial charge in [0.15, 0.2) is 0 Å². The van der Waals surface area contributed by atoms with Gasteiger partial charge in [-0.25, -0.2) is 0 Å². The number of halogens is 1. The molecule has 1 aromatic carbocycles. The van der Waals surface area contributed by atoms with Gasteiger partial charge in [0.1, 0.15) is 5.75 Å². The topological polar surface area (TPSA) is 70.0 Å². The van der Waals surface area contributed by atoms with Gasteiger partial charge in [-0.1, -0.05) is 11.6 Å². The molecule has 1 amide bonds. The van der Waals surface area contributed by atoms with Gasteiger partial charge in [0.2, 0.25) is 5.91 Å². The SMILES string of the molecule is COc1ccc(Cl)cc1CC(=O)N(CCO)CCO. The number of hydrogen-bond donors (Lipinski definition) is 2. The lowest BCUT2D eigenvalue weighted by Crippen LogP contribution is -2.36. The number of ether oxygens (including phenoxy) is 1. The molecule has 1 aromatic rings. The Morgan fingerprint density at radius 2 is 1.95 bits per heavy atom. The number of carbonyl (C=O) groups excluding carboxylic acids is 1. The van der Waals surface area contributed by atoms with Crippen LogP contribution in [0.2, 0.25) is 5.02 Å². The third-order valence-electron chi connectivity index (χ3n) is 2.68. The Bertz CT molecular complexity index is 419. The van der Waals surface area contributed by atoms with Crippen molar-refractivity contribution in [2.75, 3.05) is 33.4 Å². The van der Waals surface area contributed by atoms with E-state index in [0.29, 0.717) is 16.3 Å². The summed E-state index contributed by atoms with van der Waals surface area (Å²) in [6.07, 6.45) is 0.115. The number of rotatable bonds is 7. The van der Waals surface area contributed by atoms with Crippen molar-refractivity contribution in [2.45, 2.75) is 6.42 Å². The quantitative estimate of drug-likeness (QED) is 0.775. The van der Waals surface area contributed by atoms with Crippen LogP contribution in [0.5, 0.6) is 5.75 Å². The molecule has 0 aliphatic rings. The Kier molecular flexibility index (Phi) is 6.62. The lowest BCUT2D eigenvalue weighted by Gasteiger charge is -2.21. The van der Waals surface area contributed by atoms with Gasteiger partial charge in [0.25, 0.3) is 0 Å². The summed E-state index contributed by atoms with van der Waals surface area (Å²) in [7, 11) is 1.52. The zero-order chi connectivity index (χ0) is 14.3. The Hall–Kier alpha value is -1.30. The van der Waals surface area contributed by atoms with Crippen LogP contribution in [0.3, 0.4) is 0 Å². The van der Waals surface area contributed by atoms with Crippen LogP contribution < -0.4 is 4.74 Å². The summed E-state index contributed by atoms with van der Waals surface area (Å²) in [5.74, 6) is 0.398. The fourth-order valence-corrected chi connectivity index (χ4v) is 1.96. The highest BCUT2D eigenvalue weighted by Gasteiger charge is 2.15. The number of benzene rings is 1. The molecule has 0 heterocycles. The zero-order valence-electron chi connectivity index (χ0n) is 10.8. The van der Waals surface area contributed by atoms with Crippen molar-refractivity contribution in [1.82, 2.24) is 4.90 Å². The largest absolute Gasteiger partial charge is 0.496 e. The van der Waals surface area contributed by atoms with E-state index in [1.54, 1.807) is 18.2 Å². The highest BCUT2D eigenvalue weighted by atomic mass is 35.5. The van der Waals surface area contributed by atoms with Gasteiger partial charge in [-0.05, 0) is 18.2 Å². The number of nitrogens with zero attached hydrogens (tertiary/aromatic N) is 1. The molecule has 0 bridgehead atoms. The average molecular weight is 288 g/mol. The van der Waals surface area contributed by atoms with Crippen LogP contribution in [0, 0.1) is 0 Å². The van der Waals surface area contributed by atoms with Crippen molar-refractivity contribution in [3.63, 3.8) is 0 Å². The molecule has 0 saturated heterocycles. The van der Waals surface area contributed by atoms with Crippen molar-refractivity contribution in [3.8, 4) is 5.75 Å². The van der Waals surface area contributed by atoms with Gasteiger partial charge in [0.05, 0.1) is 26.7 Å². The van der Waals surface area contributed by atoms with E-state index < -0.39 is 0 Å². The van der Waals surface area contributed by atoms with E-state index in [2.05, 4.69) is 0 Å². The minimum Gasteiger partial charge on any atom is -0.496 e. The Morgan fingerprint density at radius 1 is 1.32 bits per heavy atom.